The zero-order valence-electron chi connectivity index (χ0n) is 14.4. The molecule has 0 radical (unpaired) electrons. The van der Waals surface area contributed by atoms with Crippen LogP contribution in [0.3, 0.4) is 0 Å². The van der Waals surface area contributed by atoms with Gasteiger partial charge in [0.25, 0.3) is 10.1 Å². The van der Waals surface area contributed by atoms with Crippen LogP contribution in [0.1, 0.15) is 30.4 Å². The number of rotatable bonds is 8. The van der Waals surface area contributed by atoms with Crippen molar-refractivity contribution in [2.45, 2.75) is 37.5 Å². The average Bonchev–Trinajstić information content (AvgIpc) is 2.64. The Kier molecular flexibility index (Phi) is 6.94. The van der Waals surface area contributed by atoms with Crippen molar-refractivity contribution in [3.05, 3.63) is 64.5 Å². The summed E-state index contributed by atoms with van der Waals surface area (Å²) in [6.45, 7) is 1.65. The highest BCUT2D eigenvalue weighted by molar-refractivity contribution is 7.86. The van der Waals surface area contributed by atoms with Crippen LogP contribution < -0.4 is 0 Å². The van der Waals surface area contributed by atoms with E-state index < -0.39 is 44.8 Å². The summed E-state index contributed by atoms with van der Waals surface area (Å²) in [6, 6.07) is 6.07. The molecule has 0 heterocycles. The van der Waals surface area contributed by atoms with Crippen molar-refractivity contribution in [1.82, 2.24) is 0 Å². The van der Waals surface area contributed by atoms with Crippen molar-refractivity contribution in [3.63, 3.8) is 0 Å². The Bertz CT molecular complexity index is 883. The lowest BCUT2D eigenvalue weighted by atomic mass is 10.0. The van der Waals surface area contributed by atoms with E-state index in [1.54, 1.807) is 12.1 Å². The molecule has 0 bridgehead atoms. The summed E-state index contributed by atoms with van der Waals surface area (Å²) in [5.41, 5.74) is 0.0154. The first-order valence-corrected chi connectivity index (χ1v) is 9.52. The smallest absolute Gasteiger partial charge is 0.266 e. The summed E-state index contributed by atoms with van der Waals surface area (Å²) < 4.78 is 95.0. The molecule has 0 saturated carbocycles. The lowest BCUT2D eigenvalue weighted by Gasteiger charge is -2.08. The number of halogens is 5. The zero-order valence-corrected chi connectivity index (χ0v) is 15.2. The maximum atomic E-state index is 13.5. The Hall–Kier alpha value is -2.00. The van der Waals surface area contributed by atoms with E-state index in [-0.39, 0.29) is 37.2 Å². The van der Waals surface area contributed by atoms with Gasteiger partial charge >= 0.3 is 0 Å². The van der Waals surface area contributed by atoms with Gasteiger partial charge in [-0.15, -0.1) is 0 Å². The maximum absolute atomic E-state index is 13.5. The predicted molar refractivity (Wildman–Crippen MR) is 88.1 cm³/mol. The third-order valence-corrected chi connectivity index (χ3v) is 5.25. The van der Waals surface area contributed by atoms with Crippen molar-refractivity contribution in [3.8, 4) is 0 Å². The minimum atomic E-state index is -3.91. The standard InChI is InChI=1S/C18H17F5O3S/c1-11-6-8-12(9-7-11)27(24,25)26-10-4-2-3-5-13-14(19)16(21)18(23)17(22)15(13)20/h6-9H,2-5,10H2,1H3. The molecule has 0 N–H and O–H groups in total. The molecule has 2 rings (SSSR count). The third kappa shape index (κ3) is 5.04. The summed E-state index contributed by atoms with van der Waals surface area (Å²) in [5.74, 6) is -9.83. The molecule has 3 nitrogen and oxygen atoms in total. The predicted octanol–water partition coefficient (Wildman–Crippen LogP) is 4.81. The second-order valence-corrected chi connectivity index (χ2v) is 7.56. The van der Waals surface area contributed by atoms with Gasteiger partial charge in [0.1, 0.15) is 0 Å². The van der Waals surface area contributed by atoms with Crippen LogP contribution in [-0.2, 0) is 20.7 Å². The van der Waals surface area contributed by atoms with Crippen LogP contribution >= 0.6 is 0 Å². The van der Waals surface area contributed by atoms with Crippen LogP contribution in [0.25, 0.3) is 0 Å². The lowest BCUT2D eigenvalue weighted by molar-refractivity contribution is 0.306. The maximum Gasteiger partial charge on any atom is 0.296 e. The van der Waals surface area contributed by atoms with E-state index in [4.69, 9.17) is 4.18 Å². The zero-order chi connectivity index (χ0) is 20.2. The van der Waals surface area contributed by atoms with Crippen LogP contribution in [0, 0.1) is 36.0 Å². The Balaban J connectivity index is 1.84. The van der Waals surface area contributed by atoms with Gasteiger partial charge in [0, 0.05) is 5.56 Å². The van der Waals surface area contributed by atoms with E-state index in [0.717, 1.165) is 5.56 Å². The first-order valence-electron chi connectivity index (χ1n) is 8.11. The van der Waals surface area contributed by atoms with Crippen LogP contribution in [0.2, 0.25) is 0 Å². The third-order valence-electron chi connectivity index (χ3n) is 3.92. The summed E-state index contributed by atoms with van der Waals surface area (Å²) >= 11 is 0. The molecule has 27 heavy (non-hydrogen) atoms. The Morgan fingerprint density at radius 2 is 1.30 bits per heavy atom. The quantitative estimate of drug-likeness (QED) is 0.207. The Morgan fingerprint density at radius 1 is 0.778 bits per heavy atom. The number of benzene rings is 2. The van der Waals surface area contributed by atoms with Gasteiger partial charge in [-0.25, -0.2) is 22.0 Å². The first kappa shape index (κ1) is 21.3. The highest BCUT2D eigenvalue weighted by atomic mass is 32.2. The van der Waals surface area contributed by atoms with Gasteiger partial charge in [0.2, 0.25) is 5.82 Å². The fourth-order valence-electron chi connectivity index (χ4n) is 2.39. The fraction of sp³-hybridized carbons (Fsp3) is 0.333. The van der Waals surface area contributed by atoms with E-state index in [1.165, 1.54) is 12.1 Å². The second-order valence-electron chi connectivity index (χ2n) is 5.95. The van der Waals surface area contributed by atoms with Crippen LogP contribution in [0.5, 0.6) is 0 Å². The molecule has 0 unspecified atom stereocenters. The van der Waals surface area contributed by atoms with Crippen molar-refractivity contribution in [2.24, 2.45) is 0 Å². The van der Waals surface area contributed by atoms with E-state index in [0.29, 0.717) is 0 Å². The Morgan fingerprint density at radius 3 is 1.85 bits per heavy atom. The van der Waals surface area contributed by atoms with E-state index in [9.17, 15) is 30.4 Å². The molecule has 0 aliphatic rings. The van der Waals surface area contributed by atoms with Crippen molar-refractivity contribution in [1.29, 1.82) is 0 Å². The molecular weight excluding hydrogens is 391 g/mol. The minimum absolute atomic E-state index is 0.00880. The molecule has 0 atom stereocenters. The molecule has 0 aromatic heterocycles. The van der Waals surface area contributed by atoms with Crippen LogP contribution in [0.4, 0.5) is 22.0 Å². The molecule has 2 aromatic rings. The number of hydrogen-bond acceptors (Lipinski definition) is 3. The highest BCUT2D eigenvalue weighted by Gasteiger charge is 2.25. The summed E-state index contributed by atoms with van der Waals surface area (Å²) in [6.07, 6.45) is 0.256. The van der Waals surface area contributed by atoms with Gasteiger partial charge in [-0.2, -0.15) is 8.42 Å². The molecule has 9 heteroatoms. The molecule has 0 saturated heterocycles. The van der Waals surface area contributed by atoms with E-state index >= 15 is 0 Å². The van der Waals surface area contributed by atoms with Crippen LogP contribution in [-0.4, -0.2) is 15.0 Å². The Labute approximate surface area is 153 Å². The largest absolute Gasteiger partial charge is 0.296 e. The molecule has 2 aromatic carbocycles. The van der Waals surface area contributed by atoms with Crippen molar-refractivity contribution >= 4 is 10.1 Å². The van der Waals surface area contributed by atoms with Gasteiger partial charge in [-0.3, -0.25) is 4.18 Å². The number of aryl methyl sites for hydroxylation is 1. The van der Waals surface area contributed by atoms with E-state index in [2.05, 4.69) is 0 Å². The fourth-order valence-corrected chi connectivity index (χ4v) is 3.33. The molecule has 0 aliphatic heterocycles. The topological polar surface area (TPSA) is 43.4 Å². The van der Waals surface area contributed by atoms with Gasteiger partial charge in [-0.05, 0) is 38.3 Å². The second kappa shape index (κ2) is 8.79. The summed E-state index contributed by atoms with van der Waals surface area (Å²) in [5, 5.41) is 0. The van der Waals surface area contributed by atoms with Crippen molar-refractivity contribution in [2.75, 3.05) is 6.61 Å². The average molecular weight is 408 g/mol. The summed E-state index contributed by atoms with van der Waals surface area (Å²) in [7, 11) is -3.91. The van der Waals surface area contributed by atoms with Crippen molar-refractivity contribution < 1.29 is 34.6 Å². The molecule has 0 aliphatic carbocycles. The van der Waals surface area contributed by atoms with Gasteiger partial charge < -0.3 is 0 Å². The van der Waals surface area contributed by atoms with Crippen LogP contribution in [0.15, 0.2) is 29.2 Å². The van der Waals surface area contributed by atoms with Gasteiger partial charge in [0.15, 0.2) is 23.3 Å². The SMILES string of the molecule is Cc1ccc(S(=O)(=O)OCCCCCc2c(F)c(F)c(F)c(F)c2F)cc1. The molecular formula is C18H17F5O3S. The number of hydrogen-bond donors (Lipinski definition) is 0. The highest BCUT2D eigenvalue weighted by Crippen LogP contribution is 2.24. The number of unbranched alkanes of at least 4 members (excludes halogenated alkanes) is 2. The molecule has 0 spiro atoms. The lowest BCUT2D eigenvalue weighted by Crippen LogP contribution is -2.08. The normalized spacial score (nSPS) is 11.8. The first-order chi connectivity index (χ1) is 12.6. The van der Waals surface area contributed by atoms with E-state index in [1.807, 2.05) is 6.92 Å². The van der Waals surface area contributed by atoms with Gasteiger partial charge in [0.05, 0.1) is 11.5 Å². The van der Waals surface area contributed by atoms with Gasteiger partial charge in [-0.1, -0.05) is 24.1 Å². The summed E-state index contributed by atoms with van der Waals surface area (Å²) in [4.78, 5) is 0.00880. The molecule has 0 fully saturated rings. The molecule has 148 valence electrons. The molecule has 0 amide bonds. The monoisotopic (exact) mass is 408 g/mol. The minimum Gasteiger partial charge on any atom is -0.266 e.